The summed E-state index contributed by atoms with van der Waals surface area (Å²) in [4.78, 5) is 26.9. The molecule has 4 rings (SSSR count). The molecule has 0 spiro atoms. The summed E-state index contributed by atoms with van der Waals surface area (Å²) < 4.78 is 5.34. The molecule has 0 radical (unpaired) electrons. The summed E-state index contributed by atoms with van der Waals surface area (Å²) in [5.41, 5.74) is 7.14. The fourth-order valence-electron chi connectivity index (χ4n) is 4.05. The van der Waals surface area contributed by atoms with Crippen LogP contribution in [0.25, 0.3) is 0 Å². The molecule has 2 unspecified atom stereocenters. The highest BCUT2D eigenvalue weighted by atomic mass is 35.5. The van der Waals surface area contributed by atoms with E-state index in [1.54, 1.807) is 13.0 Å². The highest BCUT2D eigenvalue weighted by molar-refractivity contribution is 5.92. The van der Waals surface area contributed by atoms with Crippen molar-refractivity contribution in [1.29, 1.82) is 0 Å². The summed E-state index contributed by atoms with van der Waals surface area (Å²) in [6, 6.07) is 11.1. The lowest BCUT2D eigenvalue weighted by Crippen LogP contribution is -2.47. The zero-order valence-electron chi connectivity index (χ0n) is 17.1. The van der Waals surface area contributed by atoms with E-state index < -0.39 is 6.04 Å². The second-order valence-electron chi connectivity index (χ2n) is 8.20. The molecular formula is C22H29ClN4O3. The van der Waals surface area contributed by atoms with Crippen molar-refractivity contribution in [2.24, 2.45) is 11.7 Å². The van der Waals surface area contributed by atoms with Crippen LogP contribution in [0.1, 0.15) is 66.4 Å². The molecule has 0 bridgehead atoms. The van der Waals surface area contributed by atoms with E-state index in [9.17, 15) is 9.59 Å². The standard InChI is InChI=1S/C22H28N4O3.ClH/c1-14(23)22(28)26-11-9-17(10-12-26)20(16-5-3-2-4-6-16)24-21(27)18-13-19(29-25-18)15-7-8-15;/h2-6,13-15,17,20H,7-12,23H2,1H3,(H,24,27);1H. The Morgan fingerprint density at radius 1 is 1.17 bits per heavy atom. The Hall–Kier alpha value is -2.38. The molecule has 1 saturated heterocycles. The van der Waals surface area contributed by atoms with Gasteiger partial charge in [-0.25, -0.2) is 0 Å². The molecule has 2 amide bonds. The van der Waals surface area contributed by atoms with E-state index in [-0.39, 0.29) is 36.2 Å². The smallest absolute Gasteiger partial charge is 0.273 e. The number of halogens is 1. The number of hydrogen-bond donors (Lipinski definition) is 2. The number of hydrogen-bond acceptors (Lipinski definition) is 5. The summed E-state index contributed by atoms with van der Waals surface area (Å²) in [5.74, 6) is 1.21. The Labute approximate surface area is 182 Å². The molecule has 2 atom stereocenters. The van der Waals surface area contributed by atoms with Gasteiger partial charge in [0.1, 0.15) is 5.76 Å². The first-order valence-electron chi connectivity index (χ1n) is 10.4. The second kappa shape index (κ2) is 9.62. The van der Waals surface area contributed by atoms with Crippen molar-refractivity contribution in [1.82, 2.24) is 15.4 Å². The molecule has 2 heterocycles. The van der Waals surface area contributed by atoms with Gasteiger partial charge in [-0.05, 0) is 44.1 Å². The van der Waals surface area contributed by atoms with Crippen molar-refractivity contribution in [3.63, 3.8) is 0 Å². The van der Waals surface area contributed by atoms with Crippen molar-refractivity contribution in [2.45, 2.75) is 50.6 Å². The highest BCUT2D eigenvalue weighted by Gasteiger charge is 2.33. The molecule has 30 heavy (non-hydrogen) atoms. The number of nitrogens with two attached hydrogens (primary N) is 1. The lowest BCUT2D eigenvalue weighted by molar-refractivity contribution is -0.133. The number of carbonyl (C=O) groups is 2. The first-order chi connectivity index (χ1) is 14.0. The number of benzene rings is 1. The summed E-state index contributed by atoms with van der Waals surface area (Å²) in [7, 11) is 0. The third-order valence-electron chi connectivity index (χ3n) is 5.90. The topological polar surface area (TPSA) is 101 Å². The van der Waals surface area contributed by atoms with Gasteiger partial charge in [0.25, 0.3) is 5.91 Å². The Balaban J connectivity index is 0.00000256. The van der Waals surface area contributed by atoms with E-state index in [1.165, 1.54) is 0 Å². The van der Waals surface area contributed by atoms with Crippen molar-refractivity contribution in [3.05, 3.63) is 53.4 Å². The predicted molar refractivity (Wildman–Crippen MR) is 115 cm³/mol. The number of aromatic nitrogens is 1. The van der Waals surface area contributed by atoms with Gasteiger partial charge in [-0.15, -0.1) is 12.4 Å². The van der Waals surface area contributed by atoms with Gasteiger partial charge in [0.15, 0.2) is 5.69 Å². The number of nitrogens with one attached hydrogen (secondary N) is 1. The zero-order chi connectivity index (χ0) is 20.4. The predicted octanol–water partition coefficient (Wildman–Crippen LogP) is 3.03. The third kappa shape index (κ3) is 5.02. The number of carbonyl (C=O) groups excluding carboxylic acids is 2. The molecule has 1 saturated carbocycles. The summed E-state index contributed by atoms with van der Waals surface area (Å²) >= 11 is 0. The van der Waals surface area contributed by atoms with E-state index in [0.29, 0.717) is 24.7 Å². The lowest BCUT2D eigenvalue weighted by Gasteiger charge is -2.37. The summed E-state index contributed by atoms with van der Waals surface area (Å²) in [6.45, 7) is 3.02. The maximum absolute atomic E-state index is 12.9. The van der Waals surface area contributed by atoms with Crippen molar-refractivity contribution in [3.8, 4) is 0 Å². The molecule has 8 heteroatoms. The van der Waals surface area contributed by atoms with Gasteiger partial charge in [0.05, 0.1) is 12.1 Å². The van der Waals surface area contributed by atoms with Gasteiger partial charge in [0, 0.05) is 25.1 Å². The molecule has 1 aliphatic carbocycles. The maximum Gasteiger partial charge on any atom is 0.273 e. The minimum Gasteiger partial charge on any atom is -0.360 e. The van der Waals surface area contributed by atoms with Gasteiger partial charge >= 0.3 is 0 Å². The van der Waals surface area contributed by atoms with Crippen LogP contribution in [-0.2, 0) is 4.79 Å². The van der Waals surface area contributed by atoms with Gasteiger partial charge in [-0.3, -0.25) is 9.59 Å². The van der Waals surface area contributed by atoms with Crippen molar-refractivity contribution < 1.29 is 14.1 Å². The second-order valence-corrected chi connectivity index (χ2v) is 8.20. The van der Waals surface area contributed by atoms with E-state index in [2.05, 4.69) is 10.5 Å². The molecule has 2 aliphatic rings. The minimum absolute atomic E-state index is 0. The van der Waals surface area contributed by atoms with E-state index in [1.807, 2.05) is 35.2 Å². The van der Waals surface area contributed by atoms with Gasteiger partial charge in [-0.2, -0.15) is 0 Å². The fraction of sp³-hybridized carbons (Fsp3) is 0.500. The first-order valence-corrected chi connectivity index (χ1v) is 10.4. The molecule has 3 N–H and O–H groups in total. The van der Waals surface area contributed by atoms with Crippen LogP contribution in [0.15, 0.2) is 40.9 Å². The van der Waals surface area contributed by atoms with Crippen LogP contribution in [0.5, 0.6) is 0 Å². The number of likely N-dealkylation sites (tertiary alicyclic amines) is 1. The van der Waals surface area contributed by atoms with Crippen LogP contribution in [0, 0.1) is 5.92 Å². The van der Waals surface area contributed by atoms with Crippen LogP contribution in [0.4, 0.5) is 0 Å². The molecule has 2 fully saturated rings. The lowest BCUT2D eigenvalue weighted by atomic mass is 9.85. The Bertz CT molecular complexity index is 858. The summed E-state index contributed by atoms with van der Waals surface area (Å²) in [6.07, 6.45) is 3.82. The molecule has 1 aromatic carbocycles. The van der Waals surface area contributed by atoms with Crippen LogP contribution >= 0.6 is 12.4 Å². The monoisotopic (exact) mass is 432 g/mol. The van der Waals surface area contributed by atoms with Crippen molar-refractivity contribution in [2.75, 3.05) is 13.1 Å². The van der Waals surface area contributed by atoms with Gasteiger partial charge in [0.2, 0.25) is 5.91 Å². The Kier molecular flexibility index (Phi) is 7.15. The number of piperidine rings is 1. The SMILES string of the molecule is CC(N)C(=O)N1CCC(C(NC(=O)c2cc(C3CC3)on2)c2ccccc2)CC1.Cl. The van der Waals surface area contributed by atoms with Crippen LogP contribution in [-0.4, -0.2) is 41.0 Å². The number of amides is 2. The normalized spacial score (nSPS) is 18.9. The third-order valence-corrected chi connectivity index (χ3v) is 5.90. The molecule has 2 aromatic rings. The van der Waals surface area contributed by atoms with E-state index in [4.69, 9.17) is 10.3 Å². The molecule has 162 valence electrons. The maximum atomic E-state index is 12.9. The molecular weight excluding hydrogens is 404 g/mol. The zero-order valence-corrected chi connectivity index (χ0v) is 17.9. The fourth-order valence-corrected chi connectivity index (χ4v) is 4.05. The molecule has 7 nitrogen and oxygen atoms in total. The largest absolute Gasteiger partial charge is 0.360 e. The van der Waals surface area contributed by atoms with Gasteiger partial charge < -0.3 is 20.5 Å². The minimum atomic E-state index is -0.482. The Morgan fingerprint density at radius 2 is 1.83 bits per heavy atom. The number of rotatable bonds is 6. The van der Waals surface area contributed by atoms with Gasteiger partial charge in [-0.1, -0.05) is 35.5 Å². The average Bonchev–Trinajstić information content (AvgIpc) is 3.48. The molecule has 1 aliphatic heterocycles. The van der Waals surface area contributed by atoms with Crippen LogP contribution < -0.4 is 11.1 Å². The van der Waals surface area contributed by atoms with E-state index >= 15 is 0 Å². The Morgan fingerprint density at radius 3 is 2.43 bits per heavy atom. The first kappa shape index (κ1) is 22.3. The summed E-state index contributed by atoms with van der Waals surface area (Å²) in [5, 5.41) is 7.14. The molecule has 1 aromatic heterocycles. The van der Waals surface area contributed by atoms with Crippen molar-refractivity contribution >= 4 is 24.2 Å². The van der Waals surface area contributed by atoms with Crippen LogP contribution in [0.2, 0.25) is 0 Å². The highest BCUT2D eigenvalue weighted by Crippen LogP contribution is 2.40. The number of nitrogens with zero attached hydrogens (tertiary/aromatic N) is 2. The van der Waals surface area contributed by atoms with E-state index in [0.717, 1.165) is 37.0 Å². The average molecular weight is 433 g/mol. The quantitative estimate of drug-likeness (QED) is 0.730. The van der Waals surface area contributed by atoms with Crippen LogP contribution in [0.3, 0.4) is 0 Å².